The molecule has 0 aromatic rings. The highest BCUT2D eigenvalue weighted by molar-refractivity contribution is 5.71. The van der Waals surface area contributed by atoms with Crippen LogP contribution in [0.5, 0.6) is 0 Å². The largest absolute Gasteiger partial charge is 0.462 e. The summed E-state index contributed by atoms with van der Waals surface area (Å²) in [6.07, 6.45) is 65.7. The van der Waals surface area contributed by atoms with E-state index in [-0.39, 0.29) is 37.5 Å². The van der Waals surface area contributed by atoms with Gasteiger partial charge in [0, 0.05) is 19.3 Å². The molecule has 0 spiro atoms. The van der Waals surface area contributed by atoms with Crippen LogP contribution in [0.15, 0.2) is 85.1 Å². The minimum absolute atomic E-state index is 0.103. The molecule has 6 heteroatoms. The summed E-state index contributed by atoms with van der Waals surface area (Å²) in [6.45, 7) is 6.44. The van der Waals surface area contributed by atoms with Crippen LogP contribution in [-0.4, -0.2) is 37.2 Å². The van der Waals surface area contributed by atoms with Crippen LogP contribution in [0.4, 0.5) is 0 Å². The molecule has 0 rings (SSSR count). The zero-order valence-electron chi connectivity index (χ0n) is 41.1. The Labute approximate surface area is 388 Å². The van der Waals surface area contributed by atoms with Crippen LogP contribution < -0.4 is 0 Å². The molecule has 0 bridgehead atoms. The number of unbranched alkanes of at least 4 members (excludes halogenated alkanes) is 22. The van der Waals surface area contributed by atoms with Crippen molar-refractivity contribution in [2.45, 2.75) is 245 Å². The number of hydrogen-bond donors (Lipinski definition) is 0. The Balaban J connectivity index is 4.47. The predicted molar refractivity (Wildman–Crippen MR) is 270 cm³/mol. The molecule has 0 aliphatic rings. The molecule has 0 aromatic heterocycles. The average Bonchev–Trinajstić information content (AvgIpc) is 3.28. The summed E-state index contributed by atoms with van der Waals surface area (Å²) in [5.74, 6) is -0.980. The van der Waals surface area contributed by atoms with Crippen LogP contribution in [0, 0.1) is 0 Å². The standard InChI is InChI=1S/C57H96O6/c1-4-7-10-13-16-19-22-24-26-28-30-31-33-35-38-41-44-47-50-56(59)62-53-54(52-61-55(58)49-46-43-40-37-21-18-15-12-9-6-3)63-57(60)51-48-45-42-39-36-34-32-29-27-25-23-20-17-14-11-8-5-2/h8,11,17,20,25-28,30-32,34,39,42,54H,4-7,9-10,12-16,18-19,21-24,29,33,35-38,40-41,43-53H2,1-3H3/b11-8-,20-17-,27-25-,28-26-,31-30-,34-32-,42-39-. The Bertz CT molecular complexity index is 1240. The second-order valence-electron chi connectivity index (χ2n) is 17.1. The maximum Gasteiger partial charge on any atom is 0.306 e. The summed E-state index contributed by atoms with van der Waals surface area (Å²) >= 11 is 0. The summed E-state index contributed by atoms with van der Waals surface area (Å²) in [6, 6.07) is 0. The van der Waals surface area contributed by atoms with E-state index < -0.39 is 6.10 Å². The molecule has 360 valence electrons. The Morgan fingerprint density at radius 3 is 1.10 bits per heavy atom. The maximum absolute atomic E-state index is 12.8. The van der Waals surface area contributed by atoms with Crippen LogP contribution >= 0.6 is 0 Å². The van der Waals surface area contributed by atoms with Gasteiger partial charge in [0.15, 0.2) is 6.10 Å². The second kappa shape index (κ2) is 51.2. The molecule has 0 aliphatic carbocycles. The van der Waals surface area contributed by atoms with E-state index in [1.807, 2.05) is 0 Å². The maximum atomic E-state index is 12.8. The van der Waals surface area contributed by atoms with E-state index in [0.717, 1.165) is 96.3 Å². The SMILES string of the molecule is CC/C=C\C/C=C\C/C=C\C/C=C\C/C=C\CCCC(=O)OC(COC(=O)CCCCCCC/C=C\C=C/CCCCCCCCC)COC(=O)CCCCCCCCCCCC. The fraction of sp³-hybridized carbons (Fsp3) is 0.702. The highest BCUT2D eigenvalue weighted by Gasteiger charge is 2.19. The first kappa shape index (κ1) is 59.6. The molecule has 6 nitrogen and oxygen atoms in total. The Morgan fingerprint density at radius 2 is 0.683 bits per heavy atom. The number of ether oxygens (including phenoxy) is 3. The quantitative estimate of drug-likeness (QED) is 0.0199. The van der Waals surface area contributed by atoms with Gasteiger partial charge in [-0.2, -0.15) is 0 Å². The Kier molecular flexibility index (Phi) is 48.5. The van der Waals surface area contributed by atoms with Crippen molar-refractivity contribution in [1.82, 2.24) is 0 Å². The number of rotatable bonds is 46. The summed E-state index contributed by atoms with van der Waals surface area (Å²) in [7, 11) is 0. The van der Waals surface area contributed by atoms with Gasteiger partial charge in [-0.15, -0.1) is 0 Å². The average molecular weight is 877 g/mol. The fourth-order valence-electron chi connectivity index (χ4n) is 7.00. The zero-order valence-corrected chi connectivity index (χ0v) is 41.1. The van der Waals surface area contributed by atoms with Crippen molar-refractivity contribution in [3.8, 4) is 0 Å². The molecule has 0 aliphatic heterocycles. The molecule has 0 saturated carbocycles. The van der Waals surface area contributed by atoms with Crippen molar-refractivity contribution in [2.24, 2.45) is 0 Å². The Hall–Kier alpha value is -3.41. The highest BCUT2D eigenvalue weighted by atomic mass is 16.6. The lowest BCUT2D eigenvalue weighted by Gasteiger charge is -2.18. The van der Waals surface area contributed by atoms with Gasteiger partial charge >= 0.3 is 17.9 Å². The number of carbonyl (C=O) groups excluding carboxylic acids is 3. The van der Waals surface area contributed by atoms with Gasteiger partial charge in [0.25, 0.3) is 0 Å². The van der Waals surface area contributed by atoms with E-state index in [9.17, 15) is 14.4 Å². The molecular weight excluding hydrogens is 781 g/mol. The lowest BCUT2D eigenvalue weighted by atomic mass is 10.1. The van der Waals surface area contributed by atoms with Crippen LogP contribution in [0.25, 0.3) is 0 Å². The van der Waals surface area contributed by atoms with Gasteiger partial charge in [-0.3, -0.25) is 14.4 Å². The molecule has 0 heterocycles. The van der Waals surface area contributed by atoms with E-state index in [0.29, 0.717) is 19.3 Å². The van der Waals surface area contributed by atoms with Gasteiger partial charge in [-0.25, -0.2) is 0 Å². The van der Waals surface area contributed by atoms with Crippen LogP contribution in [0.2, 0.25) is 0 Å². The zero-order chi connectivity index (χ0) is 45.8. The van der Waals surface area contributed by atoms with Crippen molar-refractivity contribution in [1.29, 1.82) is 0 Å². The van der Waals surface area contributed by atoms with Crippen LogP contribution in [-0.2, 0) is 28.6 Å². The van der Waals surface area contributed by atoms with E-state index in [1.54, 1.807) is 0 Å². The van der Waals surface area contributed by atoms with E-state index in [4.69, 9.17) is 14.2 Å². The van der Waals surface area contributed by atoms with Crippen molar-refractivity contribution >= 4 is 17.9 Å². The van der Waals surface area contributed by atoms with E-state index in [2.05, 4.69) is 106 Å². The lowest BCUT2D eigenvalue weighted by Crippen LogP contribution is -2.30. The van der Waals surface area contributed by atoms with E-state index >= 15 is 0 Å². The number of allylic oxidation sites excluding steroid dienone is 14. The third kappa shape index (κ3) is 49.5. The van der Waals surface area contributed by atoms with Crippen molar-refractivity contribution in [3.05, 3.63) is 85.1 Å². The molecule has 0 radical (unpaired) electrons. The van der Waals surface area contributed by atoms with Crippen LogP contribution in [0.1, 0.15) is 239 Å². The van der Waals surface area contributed by atoms with Crippen LogP contribution in [0.3, 0.4) is 0 Å². The smallest absolute Gasteiger partial charge is 0.306 e. The van der Waals surface area contributed by atoms with Gasteiger partial charge < -0.3 is 14.2 Å². The third-order valence-electron chi connectivity index (χ3n) is 10.9. The first-order valence-corrected chi connectivity index (χ1v) is 26.1. The molecule has 1 unspecified atom stereocenters. The number of carbonyl (C=O) groups is 3. The lowest BCUT2D eigenvalue weighted by molar-refractivity contribution is -0.167. The summed E-state index contributed by atoms with van der Waals surface area (Å²) in [5.41, 5.74) is 0. The van der Waals surface area contributed by atoms with Crippen molar-refractivity contribution in [3.63, 3.8) is 0 Å². The molecule has 63 heavy (non-hydrogen) atoms. The number of esters is 3. The topological polar surface area (TPSA) is 78.9 Å². The summed E-state index contributed by atoms with van der Waals surface area (Å²) in [4.78, 5) is 37.9. The van der Waals surface area contributed by atoms with Gasteiger partial charge in [0.1, 0.15) is 13.2 Å². The van der Waals surface area contributed by atoms with Crippen molar-refractivity contribution < 1.29 is 28.6 Å². The molecule has 0 fully saturated rings. The first-order chi connectivity index (χ1) is 31.0. The summed E-state index contributed by atoms with van der Waals surface area (Å²) < 4.78 is 16.7. The molecule has 0 amide bonds. The third-order valence-corrected chi connectivity index (χ3v) is 10.9. The second-order valence-corrected chi connectivity index (χ2v) is 17.1. The molecule has 1 atom stereocenters. The van der Waals surface area contributed by atoms with Gasteiger partial charge in [0.05, 0.1) is 0 Å². The summed E-state index contributed by atoms with van der Waals surface area (Å²) in [5, 5.41) is 0. The monoisotopic (exact) mass is 877 g/mol. The van der Waals surface area contributed by atoms with Gasteiger partial charge in [-0.1, -0.05) is 221 Å². The minimum Gasteiger partial charge on any atom is -0.462 e. The van der Waals surface area contributed by atoms with Gasteiger partial charge in [0.2, 0.25) is 0 Å². The van der Waals surface area contributed by atoms with Gasteiger partial charge in [-0.05, 0) is 83.5 Å². The minimum atomic E-state index is -0.810. The number of hydrogen-bond acceptors (Lipinski definition) is 6. The molecule has 0 N–H and O–H groups in total. The predicted octanol–water partition coefficient (Wildman–Crippen LogP) is 17.2. The molecule has 0 saturated heterocycles. The Morgan fingerprint density at radius 1 is 0.349 bits per heavy atom. The molecule has 0 aromatic carbocycles. The molecular formula is C57H96O6. The normalized spacial score (nSPS) is 12.7. The first-order valence-electron chi connectivity index (χ1n) is 26.1. The highest BCUT2D eigenvalue weighted by Crippen LogP contribution is 2.14. The van der Waals surface area contributed by atoms with Crippen molar-refractivity contribution in [2.75, 3.05) is 13.2 Å². The fourth-order valence-corrected chi connectivity index (χ4v) is 7.00. The van der Waals surface area contributed by atoms with E-state index in [1.165, 1.54) is 96.3 Å².